The summed E-state index contributed by atoms with van der Waals surface area (Å²) >= 11 is 1.83. The number of aliphatic imine (C=N–C) groups is 1. The van der Waals surface area contributed by atoms with Gasteiger partial charge in [-0.05, 0) is 30.7 Å². The van der Waals surface area contributed by atoms with Crippen LogP contribution in [0.3, 0.4) is 0 Å². The van der Waals surface area contributed by atoms with Crippen LogP contribution >= 0.6 is 11.3 Å². The summed E-state index contributed by atoms with van der Waals surface area (Å²) in [5.41, 5.74) is 3.98. The van der Waals surface area contributed by atoms with Gasteiger partial charge < -0.3 is 0 Å². The molecule has 0 fully saturated rings. The van der Waals surface area contributed by atoms with E-state index < -0.39 is 0 Å². The minimum absolute atomic E-state index is 0.800. The smallest absolute Gasteiger partial charge is 0.0633 e. The zero-order valence-electron chi connectivity index (χ0n) is 13.5. The van der Waals surface area contributed by atoms with Crippen molar-refractivity contribution in [1.29, 1.82) is 0 Å². The van der Waals surface area contributed by atoms with E-state index in [4.69, 9.17) is 4.99 Å². The Morgan fingerprint density at radius 1 is 0.792 bits per heavy atom. The lowest BCUT2D eigenvalue weighted by Crippen LogP contribution is -1.94. The fourth-order valence-electron chi connectivity index (χ4n) is 2.92. The van der Waals surface area contributed by atoms with Crippen LogP contribution in [0.25, 0.3) is 25.9 Å². The summed E-state index contributed by atoms with van der Waals surface area (Å²) < 4.78 is 2.62. The molecule has 0 unspecified atom stereocenters. The van der Waals surface area contributed by atoms with Gasteiger partial charge in [-0.25, -0.2) is 0 Å². The average Bonchev–Trinajstić information content (AvgIpc) is 3.00. The summed E-state index contributed by atoms with van der Waals surface area (Å²) in [6.07, 6.45) is 0. The van der Waals surface area contributed by atoms with Crippen molar-refractivity contribution in [2.45, 2.75) is 6.92 Å². The Morgan fingerprint density at radius 3 is 2.33 bits per heavy atom. The quantitative estimate of drug-likeness (QED) is 0.379. The lowest BCUT2D eigenvalue weighted by atomic mass is 10.1. The summed E-state index contributed by atoms with van der Waals surface area (Å²) in [6.45, 7) is 6.20. The van der Waals surface area contributed by atoms with Gasteiger partial charge in [0.25, 0.3) is 0 Å². The van der Waals surface area contributed by atoms with Crippen LogP contribution in [0.1, 0.15) is 18.1 Å². The molecule has 1 nitrogen and oxygen atoms in total. The van der Waals surface area contributed by atoms with Crippen molar-refractivity contribution in [2.24, 2.45) is 4.99 Å². The van der Waals surface area contributed by atoms with Crippen molar-refractivity contribution >= 4 is 42.9 Å². The third-order valence-electron chi connectivity index (χ3n) is 4.20. The number of hydrogen-bond donors (Lipinski definition) is 0. The van der Waals surface area contributed by atoms with Gasteiger partial charge in [0.05, 0.1) is 5.70 Å². The van der Waals surface area contributed by atoms with E-state index in [0.29, 0.717) is 0 Å². The van der Waals surface area contributed by atoms with Gasteiger partial charge in [0.2, 0.25) is 0 Å². The Morgan fingerprint density at radius 2 is 1.50 bits per heavy atom. The first-order valence-electron chi connectivity index (χ1n) is 7.94. The molecule has 0 N–H and O–H groups in total. The minimum atomic E-state index is 0.800. The van der Waals surface area contributed by atoms with Gasteiger partial charge in [0.1, 0.15) is 0 Å². The molecule has 0 saturated carbocycles. The molecule has 24 heavy (non-hydrogen) atoms. The first-order valence-corrected chi connectivity index (χ1v) is 8.75. The molecule has 1 aromatic heterocycles. The maximum absolute atomic E-state index is 4.71. The van der Waals surface area contributed by atoms with E-state index in [9.17, 15) is 0 Å². The molecule has 0 bridgehead atoms. The number of benzene rings is 3. The van der Waals surface area contributed by atoms with Crippen molar-refractivity contribution in [3.05, 3.63) is 90.5 Å². The summed E-state index contributed by atoms with van der Waals surface area (Å²) in [6, 6.07) is 25.2. The van der Waals surface area contributed by atoms with Crippen LogP contribution in [0.4, 0.5) is 0 Å². The third-order valence-corrected chi connectivity index (χ3v) is 5.36. The molecule has 0 aliphatic carbocycles. The van der Waals surface area contributed by atoms with Crippen LogP contribution in [-0.2, 0) is 0 Å². The molecular weight excluding hydrogens is 310 g/mol. The number of thiophene rings is 1. The van der Waals surface area contributed by atoms with Crippen molar-refractivity contribution < 1.29 is 0 Å². The number of hydrogen-bond acceptors (Lipinski definition) is 2. The first-order chi connectivity index (χ1) is 11.7. The molecule has 0 radical (unpaired) electrons. The van der Waals surface area contributed by atoms with Gasteiger partial charge in [0, 0.05) is 31.4 Å². The maximum Gasteiger partial charge on any atom is 0.0633 e. The fraction of sp³-hybridized carbons (Fsp3) is 0.0455. The number of nitrogens with zero attached hydrogens (tertiary/aromatic N) is 1. The lowest BCUT2D eigenvalue weighted by molar-refractivity contribution is 1.49. The standard InChI is InChI=1S/C22H17NS/c1-15(17-8-4-3-5-9-17)23-16(2)18-12-13-22-20(14-18)19-10-6-7-11-21(19)24-22/h3-14H,2H2,1H3. The molecule has 3 aromatic carbocycles. The zero-order chi connectivity index (χ0) is 16.5. The van der Waals surface area contributed by atoms with E-state index in [1.165, 1.54) is 20.2 Å². The monoisotopic (exact) mass is 327 g/mol. The third kappa shape index (κ3) is 2.66. The van der Waals surface area contributed by atoms with E-state index in [1.807, 2.05) is 36.5 Å². The molecule has 0 aliphatic heterocycles. The van der Waals surface area contributed by atoms with Gasteiger partial charge in [0.15, 0.2) is 0 Å². The van der Waals surface area contributed by atoms with Crippen molar-refractivity contribution in [3.63, 3.8) is 0 Å². The van der Waals surface area contributed by atoms with Gasteiger partial charge in [-0.15, -0.1) is 11.3 Å². The van der Waals surface area contributed by atoms with E-state index >= 15 is 0 Å². The highest BCUT2D eigenvalue weighted by molar-refractivity contribution is 7.25. The van der Waals surface area contributed by atoms with E-state index in [0.717, 1.165) is 22.5 Å². The minimum Gasteiger partial charge on any atom is -0.253 e. The van der Waals surface area contributed by atoms with Crippen LogP contribution in [0.2, 0.25) is 0 Å². The van der Waals surface area contributed by atoms with Gasteiger partial charge in [-0.1, -0.05) is 61.2 Å². The zero-order valence-corrected chi connectivity index (χ0v) is 14.3. The average molecular weight is 327 g/mol. The van der Waals surface area contributed by atoms with Crippen LogP contribution in [-0.4, -0.2) is 5.71 Å². The summed E-state index contributed by atoms with van der Waals surface area (Å²) in [5.74, 6) is 0. The SMILES string of the molecule is C=C(N=C(C)c1ccccc1)c1ccc2sc3ccccc3c2c1. The van der Waals surface area contributed by atoms with Crippen LogP contribution in [0, 0.1) is 0 Å². The van der Waals surface area contributed by atoms with Gasteiger partial charge in [-0.3, -0.25) is 4.99 Å². The van der Waals surface area contributed by atoms with Crippen LogP contribution in [0.15, 0.2) is 84.4 Å². The highest BCUT2D eigenvalue weighted by Gasteiger charge is 2.07. The fourth-order valence-corrected chi connectivity index (χ4v) is 4.00. The molecule has 1 heterocycles. The lowest BCUT2D eigenvalue weighted by Gasteiger charge is -2.05. The molecule has 4 rings (SSSR count). The van der Waals surface area contributed by atoms with E-state index in [-0.39, 0.29) is 0 Å². The van der Waals surface area contributed by atoms with E-state index in [2.05, 4.69) is 61.2 Å². The van der Waals surface area contributed by atoms with Crippen LogP contribution in [0.5, 0.6) is 0 Å². The molecule has 0 atom stereocenters. The van der Waals surface area contributed by atoms with Crippen molar-refractivity contribution in [1.82, 2.24) is 0 Å². The molecule has 116 valence electrons. The molecule has 0 amide bonds. The largest absolute Gasteiger partial charge is 0.253 e. The Kier molecular flexibility index (Phi) is 3.75. The topological polar surface area (TPSA) is 12.4 Å². The molecule has 0 saturated heterocycles. The Bertz CT molecular complexity index is 1070. The van der Waals surface area contributed by atoms with Gasteiger partial charge >= 0.3 is 0 Å². The molecule has 0 spiro atoms. The molecule has 0 aliphatic rings. The Labute approximate surface area is 145 Å². The second-order valence-electron chi connectivity index (χ2n) is 5.82. The first kappa shape index (κ1) is 14.9. The predicted molar refractivity (Wildman–Crippen MR) is 107 cm³/mol. The second kappa shape index (κ2) is 6.06. The number of fused-ring (bicyclic) bond motifs is 3. The van der Waals surface area contributed by atoms with Crippen LogP contribution < -0.4 is 0 Å². The summed E-state index contributed by atoms with van der Waals surface area (Å²) in [5, 5.41) is 2.58. The Hall–Kier alpha value is -2.71. The van der Waals surface area contributed by atoms with Gasteiger partial charge in [-0.2, -0.15) is 0 Å². The predicted octanol–water partition coefficient (Wildman–Crippen LogP) is 6.53. The molecule has 2 heteroatoms. The van der Waals surface area contributed by atoms with E-state index in [1.54, 1.807) is 0 Å². The normalized spacial score (nSPS) is 12.0. The highest BCUT2D eigenvalue weighted by Crippen LogP contribution is 2.35. The molecular formula is C22H17NS. The highest BCUT2D eigenvalue weighted by atomic mass is 32.1. The second-order valence-corrected chi connectivity index (χ2v) is 6.90. The van der Waals surface area contributed by atoms with Crippen molar-refractivity contribution in [2.75, 3.05) is 0 Å². The summed E-state index contributed by atoms with van der Waals surface area (Å²) in [4.78, 5) is 4.71. The summed E-state index contributed by atoms with van der Waals surface area (Å²) in [7, 11) is 0. The maximum atomic E-state index is 4.71. The van der Waals surface area contributed by atoms with Crippen molar-refractivity contribution in [3.8, 4) is 0 Å². The number of rotatable bonds is 3. The molecule has 4 aromatic rings. The Balaban J connectivity index is 1.76.